The zero-order valence-electron chi connectivity index (χ0n) is 12.3. The molecule has 0 amide bonds. The van der Waals surface area contributed by atoms with Crippen LogP contribution in [0.1, 0.15) is 12.8 Å². The number of nitrogens with zero attached hydrogens (tertiary/aromatic N) is 2. The summed E-state index contributed by atoms with van der Waals surface area (Å²) < 4.78 is 5.41. The number of ether oxygens (including phenoxy) is 1. The number of nitrogens with one attached hydrogen (secondary N) is 1. The van der Waals surface area contributed by atoms with E-state index in [-0.39, 0.29) is 0 Å². The second-order valence-electron chi connectivity index (χ2n) is 5.87. The molecule has 0 radical (unpaired) electrons. The summed E-state index contributed by atoms with van der Waals surface area (Å²) in [7, 11) is 2.19. The van der Waals surface area contributed by atoms with Crippen molar-refractivity contribution in [2.75, 3.05) is 56.7 Å². The highest BCUT2D eigenvalue weighted by atomic mass is 16.5. The fourth-order valence-electron chi connectivity index (χ4n) is 2.93. The molecule has 2 aliphatic rings. The molecule has 0 aromatic heterocycles. The van der Waals surface area contributed by atoms with E-state index in [0.717, 1.165) is 52.2 Å². The third-order valence-electron chi connectivity index (χ3n) is 4.31. The first-order valence-corrected chi connectivity index (χ1v) is 7.69. The Hall–Kier alpha value is -1.26. The lowest BCUT2D eigenvalue weighted by Gasteiger charge is -2.34. The molecule has 3 rings (SSSR count). The molecular weight excluding hydrogens is 250 g/mol. The molecule has 110 valence electrons. The van der Waals surface area contributed by atoms with Crippen LogP contribution in [0.5, 0.6) is 0 Å². The van der Waals surface area contributed by atoms with Gasteiger partial charge in [0, 0.05) is 56.8 Å². The summed E-state index contributed by atoms with van der Waals surface area (Å²) in [5.41, 5.74) is 2.59. The van der Waals surface area contributed by atoms with Gasteiger partial charge in [-0.1, -0.05) is 6.07 Å². The zero-order chi connectivity index (χ0) is 13.8. The van der Waals surface area contributed by atoms with Gasteiger partial charge in [-0.15, -0.1) is 0 Å². The first-order valence-electron chi connectivity index (χ1n) is 7.69. The van der Waals surface area contributed by atoms with Crippen LogP contribution in [-0.4, -0.2) is 57.4 Å². The third-order valence-corrected chi connectivity index (χ3v) is 4.31. The molecule has 2 saturated heterocycles. The van der Waals surface area contributed by atoms with E-state index in [2.05, 4.69) is 46.4 Å². The highest BCUT2D eigenvalue weighted by Gasteiger charge is 2.16. The molecule has 1 N–H and O–H groups in total. The molecule has 2 heterocycles. The van der Waals surface area contributed by atoms with Crippen molar-refractivity contribution in [3.63, 3.8) is 0 Å². The summed E-state index contributed by atoms with van der Waals surface area (Å²) >= 11 is 0. The predicted octanol–water partition coefficient (Wildman–Crippen LogP) is 2.03. The number of rotatable bonds is 3. The number of benzene rings is 1. The molecule has 0 saturated carbocycles. The van der Waals surface area contributed by atoms with Gasteiger partial charge in [0.1, 0.15) is 0 Å². The smallest absolute Gasteiger partial charge is 0.0485 e. The van der Waals surface area contributed by atoms with Crippen LogP contribution in [0.15, 0.2) is 24.3 Å². The van der Waals surface area contributed by atoms with E-state index in [1.54, 1.807) is 0 Å². The van der Waals surface area contributed by atoms with Crippen LogP contribution < -0.4 is 10.2 Å². The van der Waals surface area contributed by atoms with Crippen LogP contribution in [0.4, 0.5) is 11.4 Å². The standard InChI is InChI=1S/C16H25N3O/c1-18-7-9-19(10-8-18)16-4-2-3-15(13-16)17-14-5-11-20-12-6-14/h2-4,13-14,17H,5-12H2,1H3. The minimum absolute atomic E-state index is 0.562. The number of hydrogen-bond donors (Lipinski definition) is 1. The predicted molar refractivity (Wildman–Crippen MR) is 83.6 cm³/mol. The van der Waals surface area contributed by atoms with E-state index >= 15 is 0 Å². The Bertz CT molecular complexity index is 423. The number of piperazine rings is 1. The van der Waals surface area contributed by atoms with Crippen LogP contribution in [-0.2, 0) is 4.74 Å². The quantitative estimate of drug-likeness (QED) is 0.913. The first-order chi connectivity index (χ1) is 9.81. The van der Waals surface area contributed by atoms with Gasteiger partial charge < -0.3 is 19.9 Å². The van der Waals surface area contributed by atoms with Crippen molar-refractivity contribution in [2.24, 2.45) is 0 Å². The van der Waals surface area contributed by atoms with E-state index < -0.39 is 0 Å². The maximum Gasteiger partial charge on any atom is 0.0485 e. The van der Waals surface area contributed by atoms with Gasteiger partial charge in [-0.25, -0.2) is 0 Å². The van der Waals surface area contributed by atoms with Crippen LogP contribution in [0.3, 0.4) is 0 Å². The molecule has 1 aromatic rings. The average Bonchev–Trinajstić information content (AvgIpc) is 2.49. The van der Waals surface area contributed by atoms with E-state index in [1.807, 2.05) is 0 Å². The zero-order valence-corrected chi connectivity index (χ0v) is 12.3. The van der Waals surface area contributed by atoms with E-state index in [0.29, 0.717) is 6.04 Å². The van der Waals surface area contributed by atoms with Crippen LogP contribution in [0.25, 0.3) is 0 Å². The number of likely N-dealkylation sites (N-methyl/N-ethyl adjacent to an activating group) is 1. The maximum absolute atomic E-state index is 5.41. The Labute approximate surface area is 121 Å². The van der Waals surface area contributed by atoms with Gasteiger partial charge in [-0.05, 0) is 38.1 Å². The van der Waals surface area contributed by atoms with Gasteiger partial charge in [0.15, 0.2) is 0 Å². The Morgan fingerprint density at radius 3 is 2.60 bits per heavy atom. The largest absolute Gasteiger partial charge is 0.382 e. The van der Waals surface area contributed by atoms with Crippen molar-refractivity contribution in [3.05, 3.63) is 24.3 Å². The molecule has 4 nitrogen and oxygen atoms in total. The summed E-state index contributed by atoms with van der Waals surface area (Å²) in [6.45, 7) is 6.31. The molecule has 20 heavy (non-hydrogen) atoms. The summed E-state index contributed by atoms with van der Waals surface area (Å²) in [5.74, 6) is 0. The minimum atomic E-state index is 0.562. The Morgan fingerprint density at radius 1 is 1.10 bits per heavy atom. The van der Waals surface area contributed by atoms with E-state index in [4.69, 9.17) is 4.74 Å². The van der Waals surface area contributed by atoms with Crippen molar-refractivity contribution in [1.82, 2.24) is 4.90 Å². The van der Waals surface area contributed by atoms with Gasteiger partial charge in [-0.2, -0.15) is 0 Å². The van der Waals surface area contributed by atoms with Gasteiger partial charge in [0.25, 0.3) is 0 Å². The highest BCUT2D eigenvalue weighted by molar-refractivity contribution is 5.58. The summed E-state index contributed by atoms with van der Waals surface area (Å²) in [6.07, 6.45) is 2.22. The summed E-state index contributed by atoms with van der Waals surface area (Å²) in [6, 6.07) is 9.41. The van der Waals surface area contributed by atoms with Crippen molar-refractivity contribution >= 4 is 11.4 Å². The monoisotopic (exact) mass is 275 g/mol. The molecule has 2 aliphatic heterocycles. The molecule has 2 fully saturated rings. The Balaban J connectivity index is 1.63. The Morgan fingerprint density at radius 2 is 1.85 bits per heavy atom. The van der Waals surface area contributed by atoms with Gasteiger partial charge in [0.2, 0.25) is 0 Å². The molecule has 1 aromatic carbocycles. The summed E-state index contributed by atoms with van der Waals surface area (Å²) in [5, 5.41) is 3.65. The molecule has 0 spiro atoms. The van der Waals surface area contributed by atoms with Gasteiger partial charge >= 0.3 is 0 Å². The molecule has 0 aliphatic carbocycles. The van der Waals surface area contributed by atoms with Crippen LogP contribution in [0.2, 0.25) is 0 Å². The molecular formula is C16H25N3O. The third kappa shape index (κ3) is 3.44. The molecule has 0 atom stereocenters. The van der Waals surface area contributed by atoms with Crippen molar-refractivity contribution < 1.29 is 4.74 Å². The van der Waals surface area contributed by atoms with Gasteiger partial charge in [-0.3, -0.25) is 0 Å². The van der Waals surface area contributed by atoms with Crippen LogP contribution in [0, 0.1) is 0 Å². The molecule has 4 heteroatoms. The summed E-state index contributed by atoms with van der Waals surface area (Å²) in [4.78, 5) is 4.87. The second kappa shape index (κ2) is 6.46. The fraction of sp³-hybridized carbons (Fsp3) is 0.625. The lowest BCUT2D eigenvalue weighted by Crippen LogP contribution is -2.44. The van der Waals surface area contributed by atoms with E-state index in [9.17, 15) is 0 Å². The van der Waals surface area contributed by atoms with Gasteiger partial charge in [0.05, 0.1) is 0 Å². The second-order valence-corrected chi connectivity index (χ2v) is 5.87. The Kier molecular flexibility index (Phi) is 4.43. The normalized spacial score (nSPS) is 21.9. The topological polar surface area (TPSA) is 27.7 Å². The first kappa shape index (κ1) is 13.7. The van der Waals surface area contributed by atoms with Crippen molar-refractivity contribution in [1.29, 1.82) is 0 Å². The average molecular weight is 275 g/mol. The fourth-order valence-corrected chi connectivity index (χ4v) is 2.93. The molecule has 0 unspecified atom stereocenters. The lowest BCUT2D eigenvalue weighted by molar-refractivity contribution is 0.0904. The van der Waals surface area contributed by atoms with Crippen molar-refractivity contribution in [2.45, 2.75) is 18.9 Å². The lowest BCUT2D eigenvalue weighted by atomic mass is 10.1. The number of hydrogen-bond acceptors (Lipinski definition) is 4. The molecule has 0 bridgehead atoms. The minimum Gasteiger partial charge on any atom is -0.382 e. The SMILES string of the molecule is CN1CCN(c2cccc(NC3CCOCC3)c2)CC1. The van der Waals surface area contributed by atoms with Crippen molar-refractivity contribution in [3.8, 4) is 0 Å². The van der Waals surface area contributed by atoms with Crippen LogP contribution >= 0.6 is 0 Å². The number of anilines is 2. The highest BCUT2D eigenvalue weighted by Crippen LogP contribution is 2.22. The maximum atomic E-state index is 5.41. The van der Waals surface area contributed by atoms with E-state index in [1.165, 1.54) is 11.4 Å².